The predicted molar refractivity (Wildman–Crippen MR) is 115 cm³/mol. The molecule has 3 rings (SSSR count). The fourth-order valence-corrected chi connectivity index (χ4v) is 5.62. The van der Waals surface area contributed by atoms with Crippen LogP contribution >= 0.6 is 0 Å². The van der Waals surface area contributed by atoms with E-state index >= 15 is 0 Å². The van der Waals surface area contributed by atoms with Crippen LogP contribution in [0.1, 0.15) is 42.6 Å². The van der Waals surface area contributed by atoms with Crippen molar-refractivity contribution in [3.05, 3.63) is 65.7 Å². The normalized spacial score (nSPS) is 22.0. The van der Waals surface area contributed by atoms with Gasteiger partial charge in [0.25, 0.3) is 0 Å². The summed E-state index contributed by atoms with van der Waals surface area (Å²) in [4.78, 5) is 13.5. The number of benzene rings is 2. The van der Waals surface area contributed by atoms with Gasteiger partial charge >= 0.3 is 0 Å². The van der Waals surface area contributed by atoms with Crippen molar-refractivity contribution in [3.8, 4) is 0 Å². The highest BCUT2D eigenvalue weighted by atomic mass is 32.2. The summed E-state index contributed by atoms with van der Waals surface area (Å²) < 4.78 is 34.3. The van der Waals surface area contributed by atoms with Crippen LogP contribution in [0.3, 0.4) is 0 Å². The van der Waals surface area contributed by atoms with Gasteiger partial charge in [-0.25, -0.2) is 8.42 Å². The second-order valence-electron chi connectivity index (χ2n) is 7.67. The van der Waals surface area contributed by atoms with Crippen LogP contribution in [0.5, 0.6) is 0 Å². The van der Waals surface area contributed by atoms with Crippen molar-refractivity contribution < 1.29 is 23.1 Å². The first-order valence-electron chi connectivity index (χ1n) is 10.3. The van der Waals surface area contributed by atoms with Crippen LogP contribution < -0.4 is 0 Å². The first-order chi connectivity index (χ1) is 14.3. The number of nitrogens with zero attached hydrogens (tertiary/aromatic N) is 1. The molecule has 2 aromatic carbocycles. The fourth-order valence-electron chi connectivity index (χ4n) is 3.83. The molecule has 1 aliphatic heterocycles. The van der Waals surface area contributed by atoms with E-state index in [-0.39, 0.29) is 17.3 Å². The topological polar surface area (TPSA) is 83.9 Å². The first kappa shape index (κ1) is 22.6. The molecule has 0 bridgehead atoms. The van der Waals surface area contributed by atoms with Crippen LogP contribution in [0.25, 0.3) is 0 Å². The Kier molecular flexibility index (Phi) is 7.08. The van der Waals surface area contributed by atoms with Gasteiger partial charge in [-0.3, -0.25) is 4.79 Å². The lowest BCUT2D eigenvalue weighted by molar-refractivity contribution is -0.0273. The van der Waals surface area contributed by atoms with Gasteiger partial charge in [0.15, 0.2) is 5.78 Å². The Hall–Kier alpha value is -2.06. The average Bonchev–Trinajstić information content (AvgIpc) is 3.19. The first-order valence-corrected chi connectivity index (χ1v) is 11.7. The van der Waals surface area contributed by atoms with E-state index in [0.29, 0.717) is 18.4 Å². The van der Waals surface area contributed by atoms with E-state index in [4.69, 9.17) is 4.74 Å². The van der Waals surface area contributed by atoms with Crippen LogP contribution in [-0.4, -0.2) is 48.6 Å². The van der Waals surface area contributed by atoms with Crippen molar-refractivity contribution in [2.75, 3.05) is 6.61 Å². The molecule has 1 saturated heterocycles. The molecule has 1 N–H and O–H groups in total. The Balaban J connectivity index is 2.05. The predicted octanol–water partition coefficient (Wildman–Crippen LogP) is 3.39. The summed E-state index contributed by atoms with van der Waals surface area (Å²) in [5.41, 5.74) is 1.37. The summed E-state index contributed by atoms with van der Waals surface area (Å²) in [5.74, 6) is -1.34. The molecule has 1 heterocycles. The molecule has 0 unspecified atom stereocenters. The minimum absolute atomic E-state index is 0.152. The number of sulfonamides is 1. The van der Waals surface area contributed by atoms with Gasteiger partial charge in [0, 0.05) is 5.56 Å². The number of carbonyl (C=O) groups is 1. The molecular formula is C23H29NO5S. The summed E-state index contributed by atoms with van der Waals surface area (Å²) >= 11 is 0. The van der Waals surface area contributed by atoms with E-state index in [2.05, 4.69) is 0 Å². The fraction of sp³-hybridized carbons (Fsp3) is 0.435. The van der Waals surface area contributed by atoms with Crippen LogP contribution in [0, 0.1) is 12.8 Å². The smallest absolute Gasteiger partial charge is 0.245 e. The lowest BCUT2D eigenvalue weighted by Crippen LogP contribution is -2.50. The highest BCUT2D eigenvalue weighted by Crippen LogP contribution is 2.35. The maximum absolute atomic E-state index is 13.6. The Morgan fingerprint density at radius 3 is 2.33 bits per heavy atom. The van der Waals surface area contributed by atoms with Gasteiger partial charge in [0.05, 0.1) is 29.6 Å². The molecule has 0 amide bonds. The number of ketones is 1. The van der Waals surface area contributed by atoms with Gasteiger partial charge in [0.1, 0.15) is 6.23 Å². The van der Waals surface area contributed by atoms with Gasteiger partial charge < -0.3 is 9.84 Å². The Bertz CT molecular complexity index is 959. The second-order valence-corrected chi connectivity index (χ2v) is 9.51. The molecule has 162 valence electrons. The lowest BCUT2D eigenvalue weighted by Gasteiger charge is -2.33. The van der Waals surface area contributed by atoms with E-state index in [9.17, 15) is 18.3 Å². The molecule has 4 atom stereocenters. The van der Waals surface area contributed by atoms with Crippen molar-refractivity contribution in [2.24, 2.45) is 5.92 Å². The summed E-state index contributed by atoms with van der Waals surface area (Å²) in [6.07, 6.45) is -1.26. The zero-order chi connectivity index (χ0) is 21.9. The van der Waals surface area contributed by atoms with Gasteiger partial charge in [-0.2, -0.15) is 4.31 Å². The highest BCUT2D eigenvalue weighted by molar-refractivity contribution is 7.89. The molecule has 0 aliphatic carbocycles. The van der Waals surface area contributed by atoms with E-state index < -0.39 is 34.3 Å². The summed E-state index contributed by atoms with van der Waals surface area (Å²) in [6, 6.07) is 14.8. The number of rotatable bonds is 8. The third-order valence-electron chi connectivity index (χ3n) is 5.64. The van der Waals surface area contributed by atoms with E-state index in [0.717, 1.165) is 5.56 Å². The number of aryl methyl sites for hydroxylation is 1. The third kappa shape index (κ3) is 4.34. The Morgan fingerprint density at radius 2 is 1.77 bits per heavy atom. The Labute approximate surface area is 178 Å². The van der Waals surface area contributed by atoms with Crippen molar-refractivity contribution in [2.45, 2.75) is 56.9 Å². The van der Waals surface area contributed by atoms with Gasteiger partial charge in [0.2, 0.25) is 10.0 Å². The van der Waals surface area contributed by atoms with Crippen molar-refractivity contribution in [1.82, 2.24) is 4.31 Å². The van der Waals surface area contributed by atoms with Crippen LogP contribution in [-0.2, 0) is 14.8 Å². The number of aliphatic hydroxyl groups is 1. The minimum atomic E-state index is -3.92. The zero-order valence-electron chi connectivity index (χ0n) is 17.6. The number of Topliss-reactive ketones (excluding diaryl/α,β-unsaturated/α-hetero) is 1. The van der Waals surface area contributed by atoms with Gasteiger partial charge in [-0.1, -0.05) is 61.9 Å². The minimum Gasteiger partial charge on any atom is -0.392 e. The molecule has 7 heteroatoms. The van der Waals surface area contributed by atoms with Crippen LogP contribution in [0.4, 0.5) is 0 Å². The average molecular weight is 432 g/mol. The zero-order valence-corrected chi connectivity index (χ0v) is 18.4. The van der Waals surface area contributed by atoms with E-state index in [1.54, 1.807) is 61.5 Å². The molecule has 0 radical (unpaired) electrons. The molecule has 2 aromatic rings. The molecule has 1 fully saturated rings. The number of hydrogen-bond acceptors (Lipinski definition) is 5. The molecule has 0 saturated carbocycles. The standard InChI is InChI=1S/C23H29NO5S/c1-4-18-15-29-23(24(18)30(27,28)19-13-11-16(3)12-14-19)21(20(25)5-2)22(26)17-9-7-6-8-10-17/h6-14,18,20-21,23,25H,4-5,15H2,1-3H3/t18-,20+,21+,23-/m1/s1. The lowest BCUT2D eigenvalue weighted by atomic mass is 9.89. The highest BCUT2D eigenvalue weighted by Gasteiger charge is 2.50. The summed E-state index contributed by atoms with van der Waals surface area (Å²) in [6.45, 7) is 5.72. The number of aliphatic hydroxyl groups excluding tert-OH is 1. The van der Waals surface area contributed by atoms with Gasteiger partial charge in [-0.05, 0) is 31.9 Å². The molecule has 0 aromatic heterocycles. The van der Waals surface area contributed by atoms with Crippen molar-refractivity contribution >= 4 is 15.8 Å². The quantitative estimate of drug-likeness (QED) is 0.648. The second kappa shape index (κ2) is 9.39. The monoisotopic (exact) mass is 431 g/mol. The maximum Gasteiger partial charge on any atom is 0.245 e. The van der Waals surface area contributed by atoms with E-state index in [1.165, 1.54) is 4.31 Å². The van der Waals surface area contributed by atoms with Crippen molar-refractivity contribution in [1.29, 1.82) is 0 Å². The largest absolute Gasteiger partial charge is 0.392 e. The molecule has 1 aliphatic rings. The van der Waals surface area contributed by atoms with E-state index in [1.807, 2.05) is 13.8 Å². The van der Waals surface area contributed by atoms with Crippen LogP contribution in [0.2, 0.25) is 0 Å². The summed E-state index contributed by atoms with van der Waals surface area (Å²) in [5, 5.41) is 10.7. The van der Waals surface area contributed by atoms with Crippen LogP contribution in [0.15, 0.2) is 59.5 Å². The third-order valence-corrected chi connectivity index (χ3v) is 7.57. The van der Waals surface area contributed by atoms with Crippen molar-refractivity contribution in [3.63, 3.8) is 0 Å². The Morgan fingerprint density at radius 1 is 1.13 bits per heavy atom. The molecule has 30 heavy (non-hydrogen) atoms. The SMILES string of the molecule is CC[C@@H]1CO[C@H]([C@H](C(=O)c2ccccc2)[C@@H](O)CC)N1S(=O)(=O)c1ccc(C)cc1. The summed E-state index contributed by atoms with van der Waals surface area (Å²) in [7, 11) is -3.92. The molecular weight excluding hydrogens is 402 g/mol. The number of ether oxygens (including phenoxy) is 1. The number of hydrogen-bond donors (Lipinski definition) is 1. The molecule has 6 nitrogen and oxygen atoms in total. The maximum atomic E-state index is 13.6. The van der Waals surface area contributed by atoms with Gasteiger partial charge in [-0.15, -0.1) is 0 Å². The number of carbonyl (C=O) groups excluding carboxylic acids is 1. The molecule has 0 spiro atoms.